The fourth-order valence-corrected chi connectivity index (χ4v) is 1.91. The van der Waals surface area contributed by atoms with E-state index in [0.29, 0.717) is 18.4 Å². The lowest BCUT2D eigenvalue weighted by atomic mass is 10.3. The summed E-state index contributed by atoms with van der Waals surface area (Å²) in [5, 5.41) is 3.23. The molecule has 4 heteroatoms. The van der Waals surface area contributed by atoms with Crippen LogP contribution in [0.4, 0.5) is 0 Å². The summed E-state index contributed by atoms with van der Waals surface area (Å²) < 4.78 is 0. The Morgan fingerprint density at radius 2 is 2.13 bits per heavy atom. The van der Waals surface area contributed by atoms with Crippen molar-refractivity contribution in [2.24, 2.45) is 0 Å². The maximum Gasteiger partial charge on any atom is 0.223 e. The van der Waals surface area contributed by atoms with Gasteiger partial charge < -0.3 is 10.2 Å². The second-order valence-corrected chi connectivity index (χ2v) is 4.21. The molecule has 4 nitrogen and oxygen atoms in total. The molecule has 1 unspecified atom stereocenters. The molecule has 1 heterocycles. The number of nitrogens with one attached hydrogen (secondary N) is 1. The first-order valence-corrected chi connectivity index (χ1v) is 5.84. The molecule has 88 valence electrons. The Morgan fingerprint density at radius 3 is 2.73 bits per heavy atom. The van der Waals surface area contributed by atoms with Crippen LogP contribution in [0, 0.1) is 0 Å². The van der Waals surface area contributed by atoms with Gasteiger partial charge in [0.1, 0.15) is 0 Å². The van der Waals surface area contributed by atoms with Crippen LogP contribution >= 0.6 is 0 Å². The standard InChI is InChI=1S/C11H23N3O/c1-4-14-8-7-13(6-5-11(14)15)9-10(2)12-3/h10,12H,4-9H2,1-3H3. The van der Waals surface area contributed by atoms with Crippen LogP contribution in [-0.4, -0.2) is 61.5 Å². The smallest absolute Gasteiger partial charge is 0.223 e. The minimum absolute atomic E-state index is 0.303. The van der Waals surface area contributed by atoms with Crippen LogP contribution in [0.25, 0.3) is 0 Å². The third kappa shape index (κ3) is 3.80. The monoisotopic (exact) mass is 213 g/mol. The van der Waals surface area contributed by atoms with Gasteiger partial charge in [-0.3, -0.25) is 9.69 Å². The van der Waals surface area contributed by atoms with Crippen molar-refractivity contribution in [3.8, 4) is 0 Å². The molecule has 1 N–H and O–H groups in total. The van der Waals surface area contributed by atoms with Gasteiger partial charge in [0.2, 0.25) is 5.91 Å². The molecule has 15 heavy (non-hydrogen) atoms. The Balaban J connectivity index is 2.41. The number of carbonyl (C=O) groups excluding carboxylic acids is 1. The second kappa shape index (κ2) is 6.08. The average molecular weight is 213 g/mol. The molecule has 0 aromatic heterocycles. The lowest BCUT2D eigenvalue weighted by Gasteiger charge is -2.23. The highest BCUT2D eigenvalue weighted by Gasteiger charge is 2.19. The van der Waals surface area contributed by atoms with E-state index in [0.717, 1.165) is 32.7 Å². The van der Waals surface area contributed by atoms with Crippen molar-refractivity contribution in [2.75, 3.05) is 39.8 Å². The number of hydrogen-bond acceptors (Lipinski definition) is 3. The summed E-state index contributed by atoms with van der Waals surface area (Å²) in [6.45, 7) is 8.88. The minimum atomic E-state index is 0.303. The van der Waals surface area contributed by atoms with E-state index >= 15 is 0 Å². The van der Waals surface area contributed by atoms with E-state index in [9.17, 15) is 4.79 Å². The van der Waals surface area contributed by atoms with Gasteiger partial charge in [0, 0.05) is 45.2 Å². The molecule has 0 aromatic rings. The first kappa shape index (κ1) is 12.5. The molecule has 1 atom stereocenters. The molecule has 1 rings (SSSR count). The highest BCUT2D eigenvalue weighted by atomic mass is 16.2. The number of likely N-dealkylation sites (N-methyl/N-ethyl adjacent to an activating group) is 2. The predicted molar refractivity (Wildman–Crippen MR) is 61.8 cm³/mol. The number of nitrogens with zero attached hydrogens (tertiary/aromatic N) is 2. The molecule has 1 saturated heterocycles. The topological polar surface area (TPSA) is 35.6 Å². The Kier molecular flexibility index (Phi) is 5.05. The molecule has 1 amide bonds. The zero-order valence-corrected chi connectivity index (χ0v) is 10.1. The Morgan fingerprint density at radius 1 is 1.40 bits per heavy atom. The maximum atomic E-state index is 11.6. The Hall–Kier alpha value is -0.610. The van der Waals surface area contributed by atoms with E-state index in [-0.39, 0.29) is 0 Å². The first-order chi connectivity index (χ1) is 7.17. The minimum Gasteiger partial charge on any atom is -0.342 e. The highest BCUT2D eigenvalue weighted by molar-refractivity contribution is 5.76. The fraction of sp³-hybridized carbons (Fsp3) is 0.909. The third-order valence-corrected chi connectivity index (χ3v) is 3.09. The van der Waals surface area contributed by atoms with Gasteiger partial charge in [0.25, 0.3) is 0 Å². The van der Waals surface area contributed by atoms with E-state index in [1.54, 1.807) is 0 Å². The molecule has 1 fully saturated rings. The zero-order valence-electron chi connectivity index (χ0n) is 10.1. The molecule has 0 radical (unpaired) electrons. The van der Waals surface area contributed by atoms with Gasteiger partial charge in [-0.15, -0.1) is 0 Å². The molecule has 1 aliphatic heterocycles. The van der Waals surface area contributed by atoms with Crippen LogP contribution in [0.15, 0.2) is 0 Å². The van der Waals surface area contributed by atoms with Crippen LogP contribution < -0.4 is 5.32 Å². The largest absolute Gasteiger partial charge is 0.342 e. The van der Waals surface area contributed by atoms with Crippen molar-refractivity contribution in [2.45, 2.75) is 26.3 Å². The summed E-state index contributed by atoms with van der Waals surface area (Å²) >= 11 is 0. The van der Waals surface area contributed by atoms with Crippen molar-refractivity contribution < 1.29 is 4.79 Å². The second-order valence-electron chi connectivity index (χ2n) is 4.21. The maximum absolute atomic E-state index is 11.6. The predicted octanol–water partition coefficient (Wildman–Crippen LogP) is 0.149. The first-order valence-electron chi connectivity index (χ1n) is 5.84. The van der Waals surface area contributed by atoms with Gasteiger partial charge in [-0.1, -0.05) is 0 Å². The van der Waals surface area contributed by atoms with Crippen LogP contribution in [0.2, 0.25) is 0 Å². The lowest BCUT2D eigenvalue weighted by Crippen LogP contribution is -2.39. The molecule has 0 bridgehead atoms. The van der Waals surface area contributed by atoms with Crippen LogP contribution in [0.5, 0.6) is 0 Å². The summed E-state index contributed by atoms with van der Waals surface area (Å²) in [7, 11) is 1.98. The Labute approximate surface area is 92.6 Å². The molecular weight excluding hydrogens is 190 g/mol. The fourth-order valence-electron chi connectivity index (χ4n) is 1.91. The van der Waals surface area contributed by atoms with Gasteiger partial charge in [0.15, 0.2) is 0 Å². The average Bonchev–Trinajstić information content (AvgIpc) is 2.41. The van der Waals surface area contributed by atoms with Gasteiger partial charge in [-0.2, -0.15) is 0 Å². The van der Waals surface area contributed by atoms with Crippen molar-refractivity contribution in [3.63, 3.8) is 0 Å². The summed E-state index contributed by atoms with van der Waals surface area (Å²) in [5.41, 5.74) is 0. The molecule has 0 spiro atoms. The van der Waals surface area contributed by atoms with Crippen LogP contribution in [0.1, 0.15) is 20.3 Å². The summed E-state index contributed by atoms with van der Waals surface area (Å²) in [6, 6.07) is 0.494. The molecular formula is C11H23N3O. The summed E-state index contributed by atoms with van der Waals surface area (Å²) in [4.78, 5) is 15.9. The van der Waals surface area contributed by atoms with Crippen molar-refractivity contribution >= 4 is 5.91 Å². The third-order valence-electron chi connectivity index (χ3n) is 3.09. The van der Waals surface area contributed by atoms with Crippen molar-refractivity contribution in [1.29, 1.82) is 0 Å². The molecule has 0 aromatic carbocycles. The lowest BCUT2D eigenvalue weighted by molar-refractivity contribution is -0.130. The number of hydrogen-bond donors (Lipinski definition) is 1. The van der Waals surface area contributed by atoms with Gasteiger partial charge in [0.05, 0.1) is 0 Å². The van der Waals surface area contributed by atoms with Crippen molar-refractivity contribution in [1.82, 2.24) is 15.1 Å². The SMILES string of the molecule is CCN1CCN(CC(C)NC)CCC1=O. The van der Waals surface area contributed by atoms with Gasteiger partial charge >= 0.3 is 0 Å². The van der Waals surface area contributed by atoms with E-state index in [4.69, 9.17) is 0 Å². The quantitative estimate of drug-likeness (QED) is 0.722. The molecule has 0 saturated carbocycles. The normalized spacial score (nSPS) is 21.5. The van der Waals surface area contributed by atoms with E-state index in [1.807, 2.05) is 18.9 Å². The van der Waals surface area contributed by atoms with Crippen molar-refractivity contribution in [3.05, 3.63) is 0 Å². The van der Waals surface area contributed by atoms with E-state index < -0.39 is 0 Å². The van der Waals surface area contributed by atoms with Crippen LogP contribution in [-0.2, 0) is 4.79 Å². The van der Waals surface area contributed by atoms with Gasteiger partial charge in [-0.05, 0) is 20.9 Å². The number of carbonyl (C=O) groups is 1. The summed E-state index contributed by atoms with van der Waals surface area (Å²) in [6.07, 6.45) is 0.671. The highest BCUT2D eigenvalue weighted by Crippen LogP contribution is 2.04. The zero-order chi connectivity index (χ0) is 11.3. The van der Waals surface area contributed by atoms with E-state index in [1.165, 1.54) is 0 Å². The molecule has 1 aliphatic rings. The number of amides is 1. The Bertz CT molecular complexity index is 208. The molecule has 0 aliphatic carbocycles. The summed E-state index contributed by atoms with van der Waals surface area (Å²) in [5.74, 6) is 0.303. The number of rotatable bonds is 4. The van der Waals surface area contributed by atoms with Crippen LogP contribution in [0.3, 0.4) is 0 Å². The van der Waals surface area contributed by atoms with Gasteiger partial charge in [-0.25, -0.2) is 0 Å². The van der Waals surface area contributed by atoms with E-state index in [2.05, 4.69) is 17.1 Å².